The summed E-state index contributed by atoms with van der Waals surface area (Å²) >= 11 is 1.54. The third-order valence-electron chi connectivity index (χ3n) is 4.82. The summed E-state index contributed by atoms with van der Waals surface area (Å²) in [7, 11) is 0. The molecular formula is C21H27N3O2S. The predicted molar refractivity (Wildman–Crippen MR) is 110 cm³/mol. The quantitative estimate of drug-likeness (QED) is 0.793. The summed E-state index contributed by atoms with van der Waals surface area (Å²) in [6.07, 6.45) is 0.885. The highest BCUT2D eigenvalue weighted by molar-refractivity contribution is 7.08. The molecule has 0 atom stereocenters. The molecule has 0 saturated carbocycles. The van der Waals surface area contributed by atoms with Gasteiger partial charge in [0.1, 0.15) is 0 Å². The number of thiophene rings is 1. The number of carbonyl (C=O) groups is 2. The molecule has 0 spiro atoms. The Morgan fingerprint density at radius 3 is 2.52 bits per heavy atom. The minimum absolute atomic E-state index is 0.0949. The van der Waals surface area contributed by atoms with Gasteiger partial charge in [0.25, 0.3) is 5.91 Å². The number of hydrogen-bond acceptors (Lipinski definition) is 4. The summed E-state index contributed by atoms with van der Waals surface area (Å²) in [6.45, 7) is 7.42. The van der Waals surface area contributed by atoms with Crippen molar-refractivity contribution in [2.45, 2.75) is 26.3 Å². The van der Waals surface area contributed by atoms with Gasteiger partial charge in [-0.1, -0.05) is 18.2 Å². The molecule has 1 aliphatic heterocycles. The van der Waals surface area contributed by atoms with Crippen LogP contribution >= 0.6 is 11.3 Å². The average Bonchev–Trinajstić information content (AvgIpc) is 3.09. The van der Waals surface area contributed by atoms with Crippen LogP contribution < -0.4 is 4.90 Å². The Bertz CT molecular complexity index is 746. The van der Waals surface area contributed by atoms with Gasteiger partial charge >= 0.3 is 0 Å². The average molecular weight is 386 g/mol. The molecule has 2 aromatic rings. The molecular weight excluding hydrogens is 358 g/mol. The lowest BCUT2D eigenvalue weighted by molar-refractivity contribution is -0.120. The van der Waals surface area contributed by atoms with Crippen molar-refractivity contribution < 1.29 is 9.59 Å². The van der Waals surface area contributed by atoms with Crippen LogP contribution in [0.5, 0.6) is 0 Å². The van der Waals surface area contributed by atoms with Gasteiger partial charge in [0, 0.05) is 43.3 Å². The lowest BCUT2D eigenvalue weighted by Gasteiger charge is -2.30. The zero-order valence-corrected chi connectivity index (χ0v) is 16.8. The van der Waals surface area contributed by atoms with E-state index in [4.69, 9.17) is 0 Å². The van der Waals surface area contributed by atoms with Crippen molar-refractivity contribution in [3.63, 3.8) is 0 Å². The van der Waals surface area contributed by atoms with Crippen LogP contribution in [0.1, 0.15) is 30.6 Å². The van der Waals surface area contributed by atoms with Gasteiger partial charge in [-0.3, -0.25) is 14.5 Å². The van der Waals surface area contributed by atoms with Crippen molar-refractivity contribution in [2.24, 2.45) is 0 Å². The van der Waals surface area contributed by atoms with Crippen LogP contribution in [0.3, 0.4) is 0 Å². The number of amides is 2. The van der Waals surface area contributed by atoms with Gasteiger partial charge in [-0.05, 0) is 43.8 Å². The maximum absolute atomic E-state index is 13.0. The number of para-hydroxylation sites is 1. The molecule has 1 aromatic carbocycles. The summed E-state index contributed by atoms with van der Waals surface area (Å²) in [5.74, 6) is 0.200. The Morgan fingerprint density at radius 1 is 1.07 bits per heavy atom. The molecule has 1 fully saturated rings. The van der Waals surface area contributed by atoms with Crippen LogP contribution in [-0.2, 0) is 4.79 Å². The standard InChI is InChI=1S/C21H27N3O2S/c1-17(2)24(19-7-4-3-5-8-19)20(25)15-22-10-6-11-23(13-12-22)21(26)18-9-14-27-16-18/h3-5,7-9,14,16-17H,6,10-13,15H2,1-2H3. The summed E-state index contributed by atoms with van der Waals surface area (Å²) < 4.78 is 0. The number of rotatable bonds is 5. The smallest absolute Gasteiger partial charge is 0.254 e. The first-order valence-corrected chi connectivity index (χ1v) is 10.4. The first kappa shape index (κ1) is 19.6. The summed E-state index contributed by atoms with van der Waals surface area (Å²) in [6, 6.07) is 11.8. The number of anilines is 1. The fraction of sp³-hybridized carbons (Fsp3) is 0.429. The predicted octanol–water partition coefficient (Wildman–Crippen LogP) is 3.34. The lowest BCUT2D eigenvalue weighted by atomic mass is 10.2. The molecule has 0 N–H and O–H groups in total. The second-order valence-electron chi connectivity index (χ2n) is 7.13. The molecule has 0 bridgehead atoms. The minimum Gasteiger partial charge on any atom is -0.337 e. The van der Waals surface area contributed by atoms with Crippen molar-refractivity contribution in [1.82, 2.24) is 9.80 Å². The zero-order valence-electron chi connectivity index (χ0n) is 16.0. The summed E-state index contributed by atoms with van der Waals surface area (Å²) in [5.41, 5.74) is 1.70. The Kier molecular flexibility index (Phi) is 6.63. The molecule has 27 heavy (non-hydrogen) atoms. The van der Waals surface area contributed by atoms with E-state index in [0.717, 1.165) is 37.3 Å². The second-order valence-corrected chi connectivity index (χ2v) is 7.91. The lowest BCUT2D eigenvalue weighted by Crippen LogP contribution is -2.45. The molecule has 1 aliphatic rings. The maximum Gasteiger partial charge on any atom is 0.254 e. The first-order valence-electron chi connectivity index (χ1n) is 9.47. The SMILES string of the molecule is CC(C)N(C(=O)CN1CCCN(C(=O)c2ccsc2)CC1)c1ccccc1. The van der Waals surface area contributed by atoms with Crippen LogP contribution in [0.15, 0.2) is 47.2 Å². The van der Waals surface area contributed by atoms with E-state index in [2.05, 4.69) is 4.90 Å². The monoisotopic (exact) mass is 385 g/mol. The second kappa shape index (κ2) is 9.15. The van der Waals surface area contributed by atoms with Gasteiger partial charge in [0.15, 0.2) is 0 Å². The fourth-order valence-electron chi connectivity index (χ4n) is 3.49. The molecule has 0 unspecified atom stereocenters. The van der Waals surface area contributed by atoms with Gasteiger partial charge in [-0.25, -0.2) is 0 Å². The molecule has 144 valence electrons. The minimum atomic E-state index is 0.0949. The largest absolute Gasteiger partial charge is 0.337 e. The van der Waals surface area contributed by atoms with Crippen molar-refractivity contribution in [2.75, 3.05) is 37.6 Å². The van der Waals surface area contributed by atoms with Crippen molar-refractivity contribution in [3.05, 3.63) is 52.7 Å². The first-order chi connectivity index (χ1) is 13.1. The Labute approximate surface area is 165 Å². The van der Waals surface area contributed by atoms with E-state index in [1.54, 1.807) is 11.3 Å². The highest BCUT2D eigenvalue weighted by atomic mass is 32.1. The number of hydrogen-bond donors (Lipinski definition) is 0. The van der Waals surface area contributed by atoms with Crippen molar-refractivity contribution in [3.8, 4) is 0 Å². The van der Waals surface area contributed by atoms with Crippen LogP contribution in [-0.4, -0.2) is 60.4 Å². The molecule has 6 heteroatoms. The van der Waals surface area contributed by atoms with Gasteiger partial charge in [-0.15, -0.1) is 0 Å². The third-order valence-corrected chi connectivity index (χ3v) is 5.51. The van der Waals surface area contributed by atoms with Crippen molar-refractivity contribution in [1.29, 1.82) is 0 Å². The van der Waals surface area contributed by atoms with E-state index in [1.165, 1.54) is 0 Å². The number of benzene rings is 1. The zero-order chi connectivity index (χ0) is 19.2. The molecule has 0 aliphatic carbocycles. The number of carbonyl (C=O) groups excluding carboxylic acids is 2. The Hall–Kier alpha value is -2.18. The topological polar surface area (TPSA) is 43.9 Å². The van der Waals surface area contributed by atoms with Gasteiger partial charge in [0.05, 0.1) is 12.1 Å². The highest BCUT2D eigenvalue weighted by Gasteiger charge is 2.25. The van der Waals surface area contributed by atoms with Crippen LogP contribution in [0, 0.1) is 0 Å². The molecule has 5 nitrogen and oxygen atoms in total. The van der Waals surface area contributed by atoms with Crippen LogP contribution in [0.2, 0.25) is 0 Å². The molecule has 3 rings (SSSR count). The number of nitrogens with zero attached hydrogens (tertiary/aromatic N) is 3. The highest BCUT2D eigenvalue weighted by Crippen LogP contribution is 2.18. The van der Waals surface area contributed by atoms with Gasteiger partial charge in [0.2, 0.25) is 5.91 Å². The van der Waals surface area contributed by atoms with E-state index >= 15 is 0 Å². The Balaban J connectivity index is 1.60. The van der Waals surface area contributed by atoms with E-state index < -0.39 is 0 Å². The molecule has 0 radical (unpaired) electrons. The van der Waals surface area contributed by atoms with Crippen LogP contribution in [0.25, 0.3) is 0 Å². The van der Waals surface area contributed by atoms with E-state index in [-0.39, 0.29) is 17.9 Å². The van der Waals surface area contributed by atoms with Crippen LogP contribution in [0.4, 0.5) is 5.69 Å². The Morgan fingerprint density at radius 2 is 1.85 bits per heavy atom. The van der Waals surface area contributed by atoms with Gasteiger partial charge in [-0.2, -0.15) is 11.3 Å². The van der Waals surface area contributed by atoms with Gasteiger partial charge < -0.3 is 9.80 Å². The van der Waals surface area contributed by atoms with E-state index in [0.29, 0.717) is 13.1 Å². The van der Waals surface area contributed by atoms with E-state index in [1.807, 2.05) is 70.8 Å². The maximum atomic E-state index is 13.0. The summed E-state index contributed by atoms with van der Waals surface area (Å²) in [4.78, 5) is 31.5. The summed E-state index contributed by atoms with van der Waals surface area (Å²) in [5, 5.41) is 3.83. The fourth-order valence-corrected chi connectivity index (χ4v) is 4.12. The molecule has 1 aromatic heterocycles. The third kappa shape index (κ3) is 4.96. The van der Waals surface area contributed by atoms with Crippen molar-refractivity contribution >= 4 is 28.8 Å². The molecule has 1 saturated heterocycles. The molecule has 2 heterocycles. The molecule has 2 amide bonds. The van der Waals surface area contributed by atoms with E-state index in [9.17, 15) is 9.59 Å². The normalized spacial score (nSPS) is 15.6.